The minimum absolute atomic E-state index is 0.277. The zero-order chi connectivity index (χ0) is 19.7. The molecule has 0 saturated carbocycles. The predicted octanol–water partition coefficient (Wildman–Crippen LogP) is 0.578. The minimum atomic E-state index is -1.05. The van der Waals surface area contributed by atoms with Gasteiger partial charge in [-0.15, -0.1) is 0 Å². The third-order valence-corrected chi connectivity index (χ3v) is 3.25. The van der Waals surface area contributed by atoms with E-state index in [0.717, 1.165) is 0 Å². The van der Waals surface area contributed by atoms with Crippen molar-refractivity contribution < 1.29 is 28.7 Å². The molecule has 142 valence electrons. The van der Waals surface area contributed by atoms with Gasteiger partial charge in [-0.3, -0.25) is 14.9 Å². The van der Waals surface area contributed by atoms with Crippen molar-refractivity contribution in [3.05, 3.63) is 29.8 Å². The molecule has 1 rings (SSSR count). The molecule has 0 aromatic heterocycles. The average molecular weight is 365 g/mol. The fourth-order valence-corrected chi connectivity index (χ4v) is 2.05. The molecule has 9 heteroatoms. The molecule has 0 unspecified atom stereocenters. The molecular weight excluding hydrogens is 342 g/mol. The van der Waals surface area contributed by atoms with Crippen LogP contribution in [0, 0.1) is 5.92 Å². The molecule has 0 bridgehead atoms. The highest BCUT2D eigenvalue weighted by Crippen LogP contribution is 2.18. The van der Waals surface area contributed by atoms with E-state index in [1.54, 1.807) is 50.4 Å². The highest BCUT2D eigenvalue weighted by atomic mass is 16.5. The largest absolute Gasteiger partial charge is 0.493 e. The van der Waals surface area contributed by atoms with Gasteiger partial charge in [0.15, 0.2) is 6.61 Å². The maximum atomic E-state index is 12.5. The summed E-state index contributed by atoms with van der Waals surface area (Å²) in [5, 5.41) is 4.35. The van der Waals surface area contributed by atoms with Crippen molar-refractivity contribution in [3.63, 3.8) is 0 Å². The van der Waals surface area contributed by atoms with E-state index in [0.29, 0.717) is 12.4 Å². The Morgan fingerprint density at radius 1 is 1.15 bits per heavy atom. The molecule has 0 radical (unpaired) electrons. The lowest BCUT2D eigenvalue weighted by molar-refractivity contribution is -0.151. The molecule has 4 N–H and O–H groups in total. The average Bonchev–Trinajstić information content (AvgIpc) is 2.57. The molecule has 0 spiro atoms. The number of ether oxygens (including phenoxy) is 2. The topological polar surface area (TPSA) is 137 Å². The van der Waals surface area contributed by atoms with E-state index < -0.39 is 36.5 Å². The maximum Gasteiger partial charge on any atom is 0.329 e. The number of amides is 4. The van der Waals surface area contributed by atoms with Crippen LogP contribution in [0.25, 0.3) is 0 Å². The van der Waals surface area contributed by atoms with Gasteiger partial charge in [0.1, 0.15) is 11.8 Å². The van der Waals surface area contributed by atoms with Crippen LogP contribution in [0.1, 0.15) is 31.1 Å². The molecule has 0 aliphatic carbocycles. The normalized spacial score (nSPS) is 11.4. The number of urea groups is 1. The van der Waals surface area contributed by atoms with Gasteiger partial charge < -0.3 is 20.5 Å². The third-order valence-electron chi connectivity index (χ3n) is 3.25. The SMILES string of the molecule is CCOc1ccccc1C(=O)N[C@@H](C(=O)OCC(=O)NC(N)=O)C(C)C. The van der Waals surface area contributed by atoms with Crippen LogP contribution in [0.5, 0.6) is 5.75 Å². The summed E-state index contributed by atoms with van der Waals surface area (Å²) >= 11 is 0. The van der Waals surface area contributed by atoms with E-state index >= 15 is 0 Å². The van der Waals surface area contributed by atoms with Gasteiger partial charge in [0.2, 0.25) is 0 Å². The maximum absolute atomic E-state index is 12.5. The zero-order valence-electron chi connectivity index (χ0n) is 14.9. The smallest absolute Gasteiger partial charge is 0.329 e. The third kappa shape index (κ3) is 6.42. The Kier molecular flexibility index (Phi) is 8.07. The molecule has 1 aromatic carbocycles. The van der Waals surface area contributed by atoms with Crippen LogP contribution < -0.4 is 21.1 Å². The molecule has 0 heterocycles. The summed E-state index contributed by atoms with van der Waals surface area (Å²) in [7, 11) is 0. The minimum Gasteiger partial charge on any atom is -0.493 e. The number of carbonyl (C=O) groups is 4. The van der Waals surface area contributed by atoms with Gasteiger partial charge in [-0.25, -0.2) is 9.59 Å². The second kappa shape index (κ2) is 10.0. The highest BCUT2D eigenvalue weighted by Gasteiger charge is 2.27. The summed E-state index contributed by atoms with van der Waals surface area (Å²) in [5.74, 6) is -2.08. The van der Waals surface area contributed by atoms with Gasteiger partial charge in [-0.2, -0.15) is 0 Å². The Labute approximate surface area is 151 Å². The van der Waals surface area contributed by atoms with Crippen LogP contribution >= 0.6 is 0 Å². The summed E-state index contributed by atoms with van der Waals surface area (Å²) in [5.41, 5.74) is 5.07. The first-order valence-corrected chi connectivity index (χ1v) is 8.04. The molecule has 0 saturated heterocycles. The monoisotopic (exact) mass is 365 g/mol. The van der Waals surface area contributed by atoms with Crippen molar-refractivity contribution in [1.82, 2.24) is 10.6 Å². The Hall–Kier alpha value is -3.10. The fourth-order valence-electron chi connectivity index (χ4n) is 2.05. The van der Waals surface area contributed by atoms with Crippen LogP contribution in [-0.4, -0.2) is 43.1 Å². The van der Waals surface area contributed by atoms with Crippen LogP contribution in [0.15, 0.2) is 24.3 Å². The van der Waals surface area contributed by atoms with Gasteiger partial charge in [0.25, 0.3) is 11.8 Å². The second-order valence-electron chi connectivity index (χ2n) is 5.64. The van der Waals surface area contributed by atoms with Gasteiger partial charge in [-0.1, -0.05) is 26.0 Å². The van der Waals surface area contributed by atoms with Crippen molar-refractivity contribution in [3.8, 4) is 5.75 Å². The predicted molar refractivity (Wildman–Crippen MR) is 92.4 cm³/mol. The van der Waals surface area contributed by atoms with Crippen molar-refractivity contribution in [1.29, 1.82) is 0 Å². The lowest BCUT2D eigenvalue weighted by atomic mass is 10.0. The lowest BCUT2D eigenvalue weighted by Gasteiger charge is -2.21. The van der Waals surface area contributed by atoms with Gasteiger partial charge in [0.05, 0.1) is 12.2 Å². The number of imide groups is 1. The molecule has 1 aromatic rings. The Balaban J connectivity index is 2.78. The number of nitrogens with two attached hydrogens (primary N) is 1. The molecule has 1 atom stereocenters. The number of rotatable bonds is 8. The number of para-hydroxylation sites is 1. The molecular formula is C17H23N3O6. The van der Waals surface area contributed by atoms with Crippen molar-refractivity contribution in [2.45, 2.75) is 26.8 Å². The second-order valence-corrected chi connectivity index (χ2v) is 5.64. The Morgan fingerprint density at radius 3 is 2.38 bits per heavy atom. The first kappa shape index (κ1) is 20.9. The first-order chi connectivity index (χ1) is 12.3. The van der Waals surface area contributed by atoms with Gasteiger partial charge in [0, 0.05) is 0 Å². The summed E-state index contributed by atoms with van der Waals surface area (Å²) in [6.07, 6.45) is 0. The Morgan fingerprint density at radius 2 is 1.81 bits per heavy atom. The number of nitrogens with one attached hydrogen (secondary N) is 2. The van der Waals surface area contributed by atoms with Crippen LogP contribution in [-0.2, 0) is 14.3 Å². The van der Waals surface area contributed by atoms with Crippen molar-refractivity contribution >= 4 is 23.8 Å². The molecule has 4 amide bonds. The number of esters is 1. The number of benzene rings is 1. The summed E-state index contributed by atoms with van der Waals surface area (Å²) in [6, 6.07) is 4.59. The standard InChI is InChI=1S/C17H23N3O6/c1-4-25-12-8-6-5-7-11(12)15(22)20-14(10(2)3)16(23)26-9-13(21)19-17(18)24/h5-8,10,14H,4,9H2,1-3H3,(H,20,22)(H3,18,19,21,24)/t14-/m1/s1. The quantitative estimate of drug-likeness (QED) is 0.576. The molecule has 9 nitrogen and oxygen atoms in total. The van der Waals surface area contributed by atoms with Gasteiger partial charge in [-0.05, 0) is 25.0 Å². The van der Waals surface area contributed by atoms with E-state index in [2.05, 4.69) is 5.32 Å². The van der Waals surface area contributed by atoms with Crippen molar-refractivity contribution in [2.24, 2.45) is 11.7 Å². The molecule has 26 heavy (non-hydrogen) atoms. The number of carbonyl (C=O) groups excluding carboxylic acids is 4. The van der Waals surface area contributed by atoms with E-state index in [4.69, 9.17) is 15.2 Å². The highest BCUT2D eigenvalue weighted by molar-refractivity contribution is 5.99. The van der Waals surface area contributed by atoms with Gasteiger partial charge >= 0.3 is 12.0 Å². The van der Waals surface area contributed by atoms with Crippen LogP contribution in [0.3, 0.4) is 0 Å². The number of hydrogen-bond donors (Lipinski definition) is 3. The van der Waals surface area contributed by atoms with E-state index in [9.17, 15) is 19.2 Å². The zero-order valence-corrected chi connectivity index (χ0v) is 14.9. The van der Waals surface area contributed by atoms with E-state index in [1.807, 2.05) is 0 Å². The van der Waals surface area contributed by atoms with E-state index in [1.165, 1.54) is 0 Å². The first-order valence-electron chi connectivity index (χ1n) is 8.04. The molecule has 0 aliphatic rings. The van der Waals surface area contributed by atoms with Crippen LogP contribution in [0.4, 0.5) is 4.79 Å². The van der Waals surface area contributed by atoms with Crippen LogP contribution in [0.2, 0.25) is 0 Å². The molecule has 0 aliphatic heterocycles. The fraction of sp³-hybridized carbons (Fsp3) is 0.412. The van der Waals surface area contributed by atoms with E-state index in [-0.39, 0.29) is 11.5 Å². The summed E-state index contributed by atoms with van der Waals surface area (Å²) in [6.45, 7) is 4.92. The number of hydrogen-bond acceptors (Lipinski definition) is 6. The lowest BCUT2D eigenvalue weighted by Crippen LogP contribution is -2.46. The number of primary amides is 1. The summed E-state index contributed by atoms with van der Waals surface area (Å²) < 4.78 is 10.2. The van der Waals surface area contributed by atoms with Crippen molar-refractivity contribution in [2.75, 3.05) is 13.2 Å². The summed E-state index contributed by atoms with van der Waals surface area (Å²) in [4.78, 5) is 46.6. The molecule has 0 fully saturated rings. The Bertz CT molecular complexity index is 674.